The average molecular weight is 533 g/mol. The van der Waals surface area contributed by atoms with Crippen LogP contribution in [0.4, 0.5) is 0 Å². The molecule has 0 aromatic carbocycles. The number of carbonyl (C=O) groups excluding carboxylic acids is 3. The van der Waals surface area contributed by atoms with Crippen LogP contribution in [0.3, 0.4) is 0 Å². The van der Waals surface area contributed by atoms with Crippen molar-refractivity contribution in [1.29, 1.82) is 0 Å². The first kappa shape index (κ1) is 29.1. The number of allylic oxidation sites excluding steroid dienone is 2. The van der Waals surface area contributed by atoms with Gasteiger partial charge in [0, 0.05) is 17.4 Å². The third kappa shape index (κ3) is 6.71. The summed E-state index contributed by atoms with van der Waals surface area (Å²) in [4.78, 5) is 58.1. The van der Waals surface area contributed by atoms with Crippen molar-refractivity contribution in [3.05, 3.63) is 36.0 Å². The summed E-state index contributed by atoms with van der Waals surface area (Å²) in [6.45, 7) is 8.52. The number of ether oxygens (including phenoxy) is 3. The van der Waals surface area contributed by atoms with Crippen molar-refractivity contribution < 1.29 is 48.4 Å². The molecule has 10 heteroatoms. The van der Waals surface area contributed by atoms with Crippen molar-refractivity contribution >= 4 is 29.8 Å². The number of carbonyl (C=O) groups is 5. The van der Waals surface area contributed by atoms with Crippen molar-refractivity contribution in [3.8, 4) is 0 Å². The van der Waals surface area contributed by atoms with Gasteiger partial charge >= 0.3 is 29.8 Å². The molecule has 3 aliphatic rings. The number of rotatable bonds is 11. The molecular weight excluding hydrogens is 496 g/mol. The third-order valence-corrected chi connectivity index (χ3v) is 8.27. The lowest BCUT2D eigenvalue weighted by atomic mass is 9.46. The first-order valence-electron chi connectivity index (χ1n) is 12.9. The Kier molecular flexibility index (Phi) is 9.17. The summed E-state index contributed by atoms with van der Waals surface area (Å²) in [6.07, 6.45) is 6.11. The predicted molar refractivity (Wildman–Crippen MR) is 134 cm³/mol. The first-order valence-corrected chi connectivity index (χ1v) is 12.9. The molecule has 1 aliphatic heterocycles. The molecule has 0 aromatic rings. The van der Waals surface area contributed by atoms with E-state index in [0.29, 0.717) is 19.3 Å². The van der Waals surface area contributed by atoms with E-state index in [0.717, 1.165) is 17.6 Å². The lowest BCUT2D eigenvalue weighted by Gasteiger charge is -2.60. The summed E-state index contributed by atoms with van der Waals surface area (Å²) in [6, 6.07) is 0. The Morgan fingerprint density at radius 1 is 1.08 bits per heavy atom. The van der Waals surface area contributed by atoms with Crippen LogP contribution in [-0.2, 0) is 38.2 Å². The zero-order valence-corrected chi connectivity index (χ0v) is 21.9. The highest BCUT2D eigenvalue weighted by atomic mass is 16.6. The van der Waals surface area contributed by atoms with Gasteiger partial charge in [-0.15, -0.1) is 0 Å². The van der Waals surface area contributed by atoms with Gasteiger partial charge in [-0.05, 0) is 42.6 Å². The smallest absolute Gasteiger partial charge is 0.331 e. The molecule has 0 spiro atoms. The van der Waals surface area contributed by atoms with Gasteiger partial charge in [0.15, 0.2) is 0 Å². The molecule has 208 valence electrons. The van der Waals surface area contributed by atoms with Crippen molar-refractivity contribution in [2.24, 2.45) is 22.7 Å². The van der Waals surface area contributed by atoms with Gasteiger partial charge in [-0.2, -0.15) is 0 Å². The molecule has 1 heterocycles. The lowest BCUT2D eigenvalue weighted by Crippen LogP contribution is -2.58. The Balaban J connectivity index is 1.87. The number of carboxylic acids is 2. The normalized spacial score (nSPS) is 30.8. The first-order chi connectivity index (χ1) is 17.8. The van der Waals surface area contributed by atoms with Crippen LogP contribution in [0.5, 0.6) is 0 Å². The third-order valence-electron chi connectivity index (χ3n) is 8.27. The standard InChI is InChI=1S/C28H36O10/c1-17-4-7-20-27(2,19(17)6-5-18-14-26(35)36-15-18)13-12-21(38-25(34)11-9-23(31)32)28(20,3)16-37-24(33)10-8-22(29)30/h5-6,14,19-21H,1,4,7-13,15-16H2,2-3H3,(H,29,30)(H,31,32). The molecule has 38 heavy (non-hydrogen) atoms. The van der Waals surface area contributed by atoms with Gasteiger partial charge in [-0.3, -0.25) is 19.2 Å². The van der Waals surface area contributed by atoms with Crippen molar-refractivity contribution in [1.82, 2.24) is 0 Å². The minimum Gasteiger partial charge on any atom is -0.481 e. The van der Waals surface area contributed by atoms with E-state index in [1.165, 1.54) is 6.08 Å². The molecule has 0 aromatic heterocycles. The van der Waals surface area contributed by atoms with Crippen LogP contribution >= 0.6 is 0 Å². The molecule has 0 saturated heterocycles. The second-order valence-electron chi connectivity index (χ2n) is 10.9. The second-order valence-corrected chi connectivity index (χ2v) is 10.9. The largest absolute Gasteiger partial charge is 0.481 e. The summed E-state index contributed by atoms with van der Waals surface area (Å²) < 4.78 is 16.4. The van der Waals surface area contributed by atoms with E-state index in [1.807, 2.05) is 19.1 Å². The number of aliphatic carboxylic acids is 2. The molecule has 2 N–H and O–H groups in total. The Bertz CT molecular complexity index is 1060. The summed E-state index contributed by atoms with van der Waals surface area (Å²) in [7, 11) is 0. The van der Waals surface area contributed by atoms with E-state index in [1.54, 1.807) is 0 Å². The van der Waals surface area contributed by atoms with Crippen LogP contribution < -0.4 is 0 Å². The van der Waals surface area contributed by atoms with Crippen LogP contribution in [0.25, 0.3) is 0 Å². The highest BCUT2D eigenvalue weighted by Gasteiger charge is 2.59. The zero-order valence-electron chi connectivity index (χ0n) is 21.9. The molecule has 2 aliphatic carbocycles. The monoisotopic (exact) mass is 532 g/mol. The van der Waals surface area contributed by atoms with E-state index in [4.69, 9.17) is 24.4 Å². The van der Waals surface area contributed by atoms with E-state index in [2.05, 4.69) is 13.5 Å². The number of fused-ring (bicyclic) bond motifs is 1. The molecular formula is C28H36O10. The summed E-state index contributed by atoms with van der Waals surface area (Å²) >= 11 is 0. The second kappa shape index (κ2) is 12.0. The number of carboxylic acid groups (broad SMARTS) is 2. The number of cyclic esters (lactones) is 1. The zero-order chi connectivity index (χ0) is 28.1. The SMILES string of the molecule is C=C1CCC2C(C)(COC(=O)CCC(=O)O)C(OC(=O)CCC(=O)O)CCC2(C)C1C=CC1=CC(=O)OC1. The fourth-order valence-electron chi connectivity index (χ4n) is 6.30. The van der Waals surface area contributed by atoms with Gasteiger partial charge in [0.2, 0.25) is 0 Å². The minimum atomic E-state index is -1.10. The predicted octanol–water partition coefficient (Wildman–Crippen LogP) is 3.60. The number of esters is 3. The van der Waals surface area contributed by atoms with Crippen molar-refractivity contribution in [2.75, 3.05) is 13.2 Å². The average Bonchev–Trinajstić information content (AvgIpc) is 3.26. The van der Waals surface area contributed by atoms with E-state index < -0.39 is 35.4 Å². The Morgan fingerprint density at radius 3 is 2.34 bits per heavy atom. The molecule has 5 atom stereocenters. The Hall–Kier alpha value is -3.43. The Labute approximate surface area is 221 Å². The molecule has 3 rings (SSSR count). The van der Waals surface area contributed by atoms with Gasteiger partial charge in [-0.1, -0.05) is 38.2 Å². The van der Waals surface area contributed by atoms with E-state index in [9.17, 15) is 24.0 Å². The summed E-state index contributed by atoms with van der Waals surface area (Å²) in [5, 5.41) is 17.8. The van der Waals surface area contributed by atoms with Crippen molar-refractivity contribution in [2.45, 2.75) is 71.3 Å². The maximum Gasteiger partial charge on any atom is 0.331 e. The molecule has 0 radical (unpaired) electrons. The van der Waals surface area contributed by atoms with Crippen LogP contribution in [0, 0.1) is 22.7 Å². The van der Waals surface area contributed by atoms with Crippen LogP contribution in [-0.4, -0.2) is 59.4 Å². The fraction of sp³-hybridized carbons (Fsp3) is 0.607. The molecule has 0 bridgehead atoms. The van der Waals surface area contributed by atoms with Gasteiger partial charge in [0.05, 0.1) is 25.7 Å². The molecule has 0 amide bonds. The van der Waals surface area contributed by atoms with Crippen LogP contribution in [0.1, 0.15) is 65.2 Å². The summed E-state index contributed by atoms with van der Waals surface area (Å²) in [5.41, 5.74) is 0.680. The van der Waals surface area contributed by atoms with Crippen molar-refractivity contribution in [3.63, 3.8) is 0 Å². The molecule has 2 saturated carbocycles. The number of hydrogen-bond acceptors (Lipinski definition) is 8. The molecule has 10 nitrogen and oxygen atoms in total. The Morgan fingerprint density at radius 2 is 1.74 bits per heavy atom. The highest BCUT2D eigenvalue weighted by molar-refractivity contribution is 5.86. The number of hydrogen-bond donors (Lipinski definition) is 2. The van der Waals surface area contributed by atoms with Gasteiger partial charge in [-0.25, -0.2) is 4.79 Å². The van der Waals surface area contributed by atoms with E-state index >= 15 is 0 Å². The molecule has 2 fully saturated rings. The quantitative estimate of drug-likeness (QED) is 0.229. The lowest BCUT2D eigenvalue weighted by molar-refractivity contribution is -0.192. The van der Waals surface area contributed by atoms with Crippen LogP contribution in [0.2, 0.25) is 0 Å². The van der Waals surface area contributed by atoms with E-state index in [-0.39, 0.29) is 62.1 Å². The maximum absolute atomic E-state index is 12.5. The van der Waals surface area contributed by atoms with Gasteiger partial charge < -0.3 is 24.4 Å². The topological polar surface area (TPSA) is 154 Å². The fourth-order valence-corrected chi connectivity index (χ4v) is 6.30. The van der Waals surface area contributed by atoms with Gasteiger partial charge in [0.1, 0.15) is 19.3 Å². The maximum atomic E-state index is 12.5. The van der Waals surface area contributed by atoms with Crippen LogP contribution in [0.15, 0.2) is 36.0 Å². The van der Waals surface area contributed by atoms with Gasteiger partial charge in [0.25, 0.3) is 0 Å². The highest BCUT2D eigenvalue weighted by Crippen LogP contribution is 2.62. The molecule has 5 unspecified atom stereocenters. The minimum absolute atomic E-state index is 0.0523. The summed E-state index contributed by atoms with van der Waals surface area (Å²) in [5.74, 6) is -3.97.